The Bertz CT molecular complexity index is 859. The zero-order valence-corrected chi connectivity index (χ0v) is 18.0. The predicted molar refractivity (Wildman–Crippen MR) is 104 cm³/mol. The summed E-state index contributed by atoms with van der Waals surface area (Å²) in [6.45, 7) is 8.80. The van der Waals surface area contributed by atoms with Crippen LogP contribution in [0.1, 0.15) is 32.6 Å². The average Bonchev–Trinajstić information content (AvgIpc) is 3.10. The molecule has 4 aliphatic carbocycles. The second-order valence-corrected chi connectivity index (χ2v) is 15.5. The van der Waals surface area contributed by atoms with Crippen molar-refractivity contribution in [2.45, 2.75) is 58.0 Å². The van der Waals surface area contributed by atoms with Crippen molar-refractivity contribution in [2.24, 2.45) is 35.0 Å². The van der Waals surface area contributed by atoms with Gasteiger partial charge in [0.2, 0.25) is 5.91 Å². The fourth-order valence-corrected chi connectivity index (χ4v) is 10.6. The van der Waals surface area contributed by atoms with Crippen LogP contribution in [-0.4, -0.2) is 53.1 Å². The van der Waals surface area contributed by atoms with Crippen LogP contribution < -0.4 is 0 Å². The van der Waals surface area contributed by atoms with E-state index in [-0.39, 0.29) is 24.0 Å². The van der Waals surface area contributed by atoms with Crippen LogP contribution >= 0.6 is 0 Å². The molecule has 6 nitrogen and oxygen atoms in total. The number of nitrogens with zero attached hydrogens (tertiary/aromatic N) is 1. The summed E-state index contributed by atoms with van der Waals surface area (Å²) >= 11 is 0. The number of carboxylic acids is 1. The normalized spacial score (nSPS) is 46.5. The number of likely N-dealkylation sites (tertiary alicyclic amines) is 1. The topological polar surface area (TPSA) is 94.9 Å². The highest BCUT2D eigenvalue weighted by molar-refractivity contribution is 6.84. The lowest BCUT2D eigenvalue weighted by atomic mass is 9.48. The van der Waals surface area contributed by atoms with E-state index in [4.69, 9.17) is 0 Å². The van der Waals surface area contributed by atoms with Crippen molar-refractivity contribution in [3.05, 3.63) is 10.8 Å². The molecule has 4 fully saturated rings. The third kappa shape index (κ3) is 1.69. The van der Waals surface area contributed by atoms with Crippen LogP contribution in [0.3, 0.4) is 0 Å². The average molecular weight is 404 g/mol. The smallest absolute Gasteiger partial charge is 0.307 e. The van der Waals surface area contributed by atoms with E-state index in [2.05, 4.69) is 19.6 Å². The predicted octanol–water partition coefficient (Wildman–Crippen LogP) is 2.05. The first kappa shape index (κ1) is 18.5. The van der Waals surface area contributed by atoms with Gasteiger partial charge in [-0.2, -0.15) is 0 Å². The number of carbonyl (C=O) groups excluding carboxylic acids is 2. The number of carbonyl (C=O) groups is 3. The SMILES string of the molecule is CCN1C(=O)[C@@H]2C[C@@]1(O)[C@@H]1CCCC3=C([Si](C)(C)C)[C@H]4C(=O)[C@]31[C@H]2[C@@H]4C(=O)O. The van der Waals surface area contributed by atoms with E-state index in [0.29, 0.717) is 13.0 Å². The Hall–Kier alpha value is -1.47. The Kier molecular flexibility index (Phi) is 3.42. The second kappa shape index (κ2) is 5.16. The van der Waals surface area contributed by atoms with Crippen molar-refractivity contribution >= 4 is 25.7 Å². The van der Waals surface area contributed by atoms with E-state index >= 15 is 0 Å². The molecule has 5 rings (SSSR count). The maximum absolute atomic E-state index is 13.9. The number of allylic oxidation sites excluding steroid dienone is 2. The number of aliphatic carboxylic acids is 1. The van der Waals surface area contributed by atoms with Crippen LogP contribution in [0, 0.1) is 35.0 Å². The highest BCUT2D eigenvalue weighted by Crippen LogP contribution is 2.76. The third-order valence-electron chi connectivity index (χ3n) is 8.54. The van der Waals surface area contributed by atoms with Gasteiger partial charge in [-0.25, -0.2) is 0 Å². The molecular formula is C21H29NO5Si. The van der Waals surface area contributed by atoms with Crippen LogP contribution in [-0.2, 0) is 14.4 Å². The molecule has 0 aromatic heterocycles. The van der Waals surface area contributed by atoms with Gasteiger partial charge in [0.1, 0.15) is 5.72 Å². The lowest BCUT2D eigenvalue weighted by Gasteiger charge is -2.56. The van der Waals surface area contributed by atoms with Crippen molar-refractivity contribution in [3.8, 4) is 0 Å². The second-order valence-electron chi connectivity index (χ2n) is 10.5. The van der Waals surface area contributed by atoms with Crippen molar-refractivity contribution < 1.29 is 24.6 Å². The van der Waals surface area contributed by atoms with Gasteiger partial charge < -0.3 is 15.1 Å². The number of amides is 1. The van der Waals surface area contributed by atoms with Gasteiger partial charge in [-0.05, 0) is 26.2 Å². The van der Waals surface area contributed by atoms with E-state index in [1.807, 2.05) is 6.92 Å². The minimum atomic E-state index is -1.94. The molecule has 0 unspecified atom stereocenters. The van der Waals surface area contributed by atoms with Gasteiger partial charge in [-0.15, -0.1) is 0 Å². The molecular weight excluding hydrogens is 374 g/mol. The molecule has 1 heterocycles. The van der Waals surface area contributed by atoms with Gasteiger partial charge in [0, 0.05) is 36.6 Å². The number of Topliss-reactive ketones (excluding diaryl/α,β-unsaturated/α-hetero) is 1. The van der Waals surface area contributed by atoms with Crippen LogP contribution in [0.15, 0.2) is 10.8 Å². The molecule has 3 saturated carbocycles. The van der Waals surface area contributed by atoms with Crippen molar-refractivity contribution in [1.82, 2.24) is 4.90 Å². The van der Waals surface area contributed by atoms with E-state index in [0.717, 1.165) is 23.6 Å². The third-order valence-corrected chi connectivity index (χ3v) is 10.8. The molecule has 0 aromatic carbocycles. The zero-order valence-electron chi connectivity index (χ0n) is 17.0. The summed E-state index contributed by atoms with van der Waals surface area (Å²) in [4.78, 5) is 41.2. The number of aliphatic hydroxyl groups is 1. The van der Waals surface area contributed by atoms with Crippen molar-refractivity contribution in [3.63, 3.8) is 0 Å². The lowest BCUT2D eigenvalue weighted by molar-refractivity contribution is -0.190. The summed E-state index contributed by atoms with van der Waals surface area (Å²) in [5.74, 6) is -3.93. The first-order valence-corrected chi connectivity index (χ1v) is 14.1. The molecule has 152 valence electrons. The van der Waals surface area contributed by atoms with Crippen molar-refractivity contribution in [1.29, 1.82) is 0 Å². The Balaban J connectivity index is 1.85. The Labute approximate surface area is 166 Å². The first-order chi connectivity index (χ1) is 13.0. The van der Waals surface area contributed by atoms with Gasteiger partial charge in [0.05, 0.1) is 19.4 Å². The monoisotopic (exact) mass is 403 g/mol. The molecule has 28 heavy (non-hydrogen) atoms. The molecule has 0 radical (unpaired) electrons. The first-order valence-electron chi connectivity index (χ1n) is 10.6. The standard InChI is InChI=1S/C21H29NO5Si/c1-5-22-18(24)10-9-20(22,27)12-8-6-7-11-16(28(2,3)4)14-13(19(25)26)15(10)21(11,12)17(14)23/h10,12-15,27H,5-9H2,1-4H3,(H,25,26)/t10-,12+,13-,14+,15-,20-,21-/m1/s1. The zero-order chi connectivity index (χ0) is 20.4. The lowest BCUT2D eigenvalue weighted by Crippen LogP contribution is -2.62. The van der Waals surface area contributed by atoms with E-state index in [1.165, 1.54) is 0 Å². The number of rotatable bonds is 3. The summed E-state index contributed by atoms with van der Waals surface area (Å²) < 4.78 is 0. The summed E-state index contributed by atoms with van der Waals surface area (Å²) in [5, 5.41) is 23.1. The number of hydrogen-bond acceptors (Lipinski definition) is 4. The summed E-state index contributed by atoms with van der Waals surface area (Å²) in [5.41, 5.74) is -1.12. The fourth-order valence-electron chi connectivity index (χ4n) is 8.14. The molecule has 2 N–H and O–H groups in total. The minimum absolute atomic E-state index is 0.0101. The summed E-state index contributed by atoms with van der Waals surface area (Å²) in [6.07, 6.45) is 2.65. The quantitative estimate of drug-likeness (QED) is 0.703. The Morgan fingerprint density at radius 3 is 2.54 bits per heavy atom. The van der Waals surface area contributed by atoms with Crippen LogP contribution in [0.25, 0.3) is 0 Å². The van der Waals surface area contributed by atoms with Gasteiger partial charge in [0.15, 0.2) is 5.78 Å². The van der Waals surface area contributed by atoms with Crippen LogP contribution in [0.5, 0.6) is 0 Å². The molecule has 1 saturated heterocycles. The maximum atomic E-state index is 13.9. The van der Waals surface area contributed by atoms with E-state index in [1.54, 1.807) is 4.90 Å². The summed E-state index contributed by atoms with van der Waals surface area (Å²) in [7, 11) is -1.94. The van der Waals surface area contributed by atoms with Crippen molar-refractivity contribution in [2.75, 3.05) is 6.54 Å². The minimum Gasteiger partial charge on any atom is -0.481 e. The molecule has 1 amide bonds. The molecule has 0 aromatic rings. The van der Waals surface area contributed by atoms with Crippen LogP contribution in [0.2, 0.25) is 19.6 Å². The molecule has 7 heteroatoms. The summed E-state index contributed by atoms with van der Waals surface area (Å²) in [6, 6.07) is 0. The van der Waals surface area contributed by atoms with Gasteiger partial charge in [-0.3, -0.25) is 14.4 Å². The van der Waals surface area contributed by atoms with Gasteiger partial charge in [0.25, 0.3) is 0 Å². The van der Waals surface area contributed by atoms with Gasteiger partial charge >= 0.3 is 5.97 Å². The number of ketones is 1. The number of carboxylic acid groups (broad SMARTS) is 1. The van der Waals surface area contributed by atoms with E-state index in [9.17, 15) is 24.6 Å². The van der Waals surface area contributed by atoms with Gasteiger partial charge in [-0.1, -0.05) is 30.4 Å². The Morgan fingerprint density at radius 1 is 1.29 bits per heavy atom. The maximum Gasteiger partial charge on any atom is 0.307 e. The molecule has 1 spiro atoms. The number of fused-ring (bicyclic) bond motifs is 5. The fraction of sp³-hybridized carbons (Fsp3) is 0.762. The molecule has 7 atom stereocenters. The highest BCUT2D eigenvalue weighted by Gasteiger charge is 2.82. The largest absolute Gasteiger partial charge is 0.481 e. The molecule has 1 aliphatic heterocycles. The van der Waals surface area contributed by atoms with Crippen LogP contribution in [0.4, 0.5) is 0 Å². The van der Waals surface area contributed by atoms with E-state index < -0.39 is 48.9 Å². The number of hydrogen-bond donors (Lipinski definition) is 2. The molecule has 5 aliphatic rings. The Morgan fingerprint density at radius 2 is 1.96 bits per heavy atom. The highest BCUT2D eigenvalue weighted by atomic mass is 28.3. The molecule has 4 bridgehead atoms.